The standard InChI is InChI=1S/C17H24N2O2/c1-2-21-16(20)17-8-9-18-15(10-17)12-19(13-17)11-14-6-4-3-5-7-14/h3-7,15,18H,2,8-13H2,1H3. The van der Waals surface area contributed by atoms with Crippen molar-refractivity contribution in [3.63, 3.8) is 0 Å². The molecule has 4 heteroatoms. The zero-order valence-electron chi connectivity index (χ0n) is 12.7. The maximum Gasteiger partial charge on any atom is 0.313 e. The Kier molecular flexibility index (Phi) is 4.27. The van der Waals surface area contributed by atoms with Gasteiger partial charge in [-0.3, -0.25) is 9.69 Å². The van der Waals surface area contributed by atoms with Gasteiger partial charge in [-0.25, -0.2) is 0 Å². The smallest absolute Gasteiger partial charge is 0.313 e. The van der Waals surface area contributed by atoms with E-state index in [1.165, 1.54) is 5.56 Å². The molecule has 0 aromatic heterocycles. The van der Waals surface area contributed by atoms with E-state index in [1.54, 1.807) is 0 Å². The first kappa shape index (κ1) is 14.5. The fourth-order valence-corrected chi connectivity index (χ4v) is 3.73. The van der Waals surface area contributed by atoms with Crippen LogP contribution in [0.2, 0.25) is 0 Å². The van der Waals surface area contributed by atoms with Gasteiger partial charge in [-0.1, -0.05) is 30.3 Å². The topological polar surface area (TPSA) is 41.6 Å². The first-order valence-electron chi connectivity index (χ1n) is 7.89. The van der Waals surface area contributed by atoms with Crippen molar-refractivity contribution in [3.05, 3.63) is 35.9 Å². The van der Waals surface area contributed by atoms with Crippen LogP contribution >= 0.6 is 0 Å². The Morgan fingerprint density at radius 2 is 2.24 bits per heavy atom. The number of likely N-dealkylation sites (tertiary alicyclic amines) is 1. The predicted molar refractivity (Wildman–Crippen MR) is 81.8 cm³/mol. The number of rotatable bonds is 4. The number of nitrogens with one attached hydrogen (secondary N) is 1. The van der Waals surface area contributed by atoms with E-state index in [2.05, 4.69) is 34.5 Å². The van der Waals surface area contributed by atoms with Crippen LogP contribution in [0.25, 0.3) is 0 Å². The minimum absolute atomic E-state index is 0.00531. The van der Waals surface area contributed by atoms with Crippen LogP contribution in [0, 0.1) is 5.41 Å². The molecular formula is C17H24N2O2. The summed E-state index contributed by atoms with van der Waals surface area (Å²) >= 11 is 0. The largest absolute Gasteiger partial charge is 0.466 e. The van der Waals surface area contributed by atoms with Gasteiger partial charge in [0.05, 0.1) is 12.0 Å². The number of ether oxygens (including phenoxy) is 1. The molecule has 2 atom stereocenters. The molecule has 2 heterocycles. The van der Waals surface area contributed by atoms with Crippen molar-refractivity contribution >= 4 is 5.97 Å². The van der Waals surface area contributed by atoms with Crippen molar-refractivity contribution in [2.24, 2.45) is 5.41 Å². The van der Waals surface area contributed by atoms with E-state index in [9.17, 15) is 4.79 Å². The number of carbonyl (C=O) groups excluding carboxylic acids is 1. The summed E-state index contributed by atoms with van der Waals surface area (Å²) in [4.78, 5) is 14.8. The molecule has 2 bridgehead atoms. The Morgan fingerprint density at radius 3 is 3.00 bits per heavy atom. The van der Waals surface area contributed by atoms with E-state index in [1.807, 2.05) is 13.0 Å². The molecule has 0 aliphatic carbocycles. The second kappa shape index (κ2) is 6.16. The van der Waals surface area contributed by atoms with E-state index in [4.69, 9.17) is 4.74 Å². The SMILES string of the molecule is CCOC(=O)C12CCNC(CN(Cc3ccccc3)C1)C2. The number of esters is 1. The molecule has 4 nitrogen and oxygen atoms in total. The zero-order chi connectivity index (χ0) is 14.7. The van der Waals surface area contributed by atoms with Crippen molar-refractivity contribution in [3.8, 4) is 0 Å². The first-order chi connectivity index (χ1) is 10.2. The van der Waals surface area contributed by atoms with Crippen LogP contribution in [0.4, 0.5) is 0 Å². The van der Waals surface area contributed by atoms with Gasteiger partial charge in [-0.2, -0.15) is 0 Å². The lowest BCUT2D eigenvalue weighted by Gasteiger charge is -2.48. The van der Waals surface area contributed by atoms with E-state index in [0.717, 1.165) is 39.0 Å². The van der Waals surface area contributed by atoms with Crippen molar-refractivity contribution in [2.45, 2.75) is 32.4 Å². The molecule has 0 amide bonds. The maximum absolute atomic E-state index is 12.5. The Balaban J connectivity index is 1.74. The third-order valence-corrected chi connectivity index (χ3v) is 4.64. The van der Waals surface area contributed by atoms with Gasteiger partial charge in [-0.05, 0) is 31.9 Å². The normalized spacial score (nSPS) is 29.1. The number of hydrogen-bond acceptors (Lipinski definition) is 4. The number of fused-ring (bicyclic) bond motifs is 2. The molecule has 0 saturated carbocycles. The molecule has 1 aromatic carbocycles. The molecule has 0 spiro atoms. The molecule has 0 radical (unpaired) electrons. The van der Waals surface area contributed by atoms with Crippen LogP contribution in [-0.4, -0.2) is 43.2 Å². The second-order valence-electron chi connectivity index (χ2n) is 6.26. The van der Waals surface area contributed by atoms with Crippen LogP contribution < -0.4 is 5.32 Å². The Morgan fingerprint density at radius 1 is 1.43 bits per heavy atom. The molecular weight excluding hydrogens is 264 g/mol. The molecule has 2 saturated heterocycles. The Bertz CT molecular complexity index is 491. The van der Waals surface area contributed by atoms with Crippen molar-refractivity contribution in [1.29, 1.82) is 0 Å². The summed E-state index contributed by atoms with van der Waals surface area (Å²) in [6.45, 7) is 6.01. The van der Waals surface area contributed by atoms with Gasteiger partial charge in [0.15, 0.2) is 0 Å². The summed E-state index contributed by atoms with van der Waals surface area (Å²) in [5, 5.41) is 3.54. The molecule has 1 N–H and O–H groups in total. The van der Waals surface area contributed by atoms with Crippen molar-refractivity contribution in [1.82, 2.24) is 10.2 Å². The fourth-order valence-electron chi connectivity index (χ4n) is 3.73. The lowest BCUT2D eigenvalue weighted by atomic mass is 9.72. The Hall–Kier alpha value is -1.39. The van der Waals surface area contributed by atoms with Crippen LogP contribution in [0.3, 0.4) is 0 Å². The van der Waals surface area contributed by atoms with Crippen LogP contribution in [0.1, 0.15) is 25.3 Å². The van der Waals surface area contributed by atoms with Gasteiger partial charge in [0, 0.05) is 25.7 Å². The molecule has 1 aromatic rings. The third kappa shape index (κ3) is 3.11. The molecule has 2 fully saturated rings. The van der Waals surface area contributed by atoms with E-state index < -0.39 is 0 Å². The highest BCUT2D eigenvalue weighted by Gasteiger charge is 2.48. The minimum Gasteiger partial charge on any atom is -0.466 e. The average Bonchev–Trinajstić information content (AvgIpc) is 2.48. The monoisotopic (exact) mass is 288 g/mol. The second-order valence-corrected chi connectivity index (χ2v) is 6.26. The third-order valence-electron chi connectivity index (χ3n) is 4.64. The highest BCUT2D eigenvalue weighted by atomic mass is 16.5. The summed E-state index contributed by atoms with van der Waals surface area (Å²) in [5.41, 5.74) is 0.996. The quantitative estimate of drug-likeness (QED) is 0.858. The number of piperidine rings is 2. The van der Waals surface area contributed by atoms with Gasteiger partial charge in [0.2, 0.25) is 0 Å². The highest BCUT2D eigenvalue weighted by molar-refractivity contribution is 5.77. The summed E-state index contributed by atoms with van der Waals surface area (Å²) in [6, 6.07) is 10.9. The zero-order valence-corrected chi connectivity index (χ0v) is 12.7. The first-order valence-corrected chi connectivity index (χ1v) is 7.89. The summed E-state index contributed by atoms with van der Waals surface area (Å²) in [7, 11) is 0. The predicted octanol–water partition coefficient (Wildman–Crippen LogP) is 1.80. The number of carbonyl (C=O) groups is 1. The fraction of sp³-hybridized carbons (Fsp3) is 0.588. The molecule has 3 rings (SSSR count). The van der Waals surface area contributed by atoms with Gasteiger partial charge < -0.3 is 10.1 Å². The van der Waals surface area contributed by atoms with Gasteiger partial charge >= 0.3 is 5.97 Å². The van der Waals surface area contributed by atoms with Gasteiger partial charge in [0.25, 0.3) is 0 Å². The lowest BCUT2D eigenvalue weighted by molar-refractivity contribution is -0.162. The van der Waals surface area contributed by atoms with Crippen LogP contribution in [-0.2, 0) is 16.1 Å². The van der Waals surface area contributed by atoms with Gasteiger partial charge in [-0.15, -0.1) is 0 Å². The summed E-state index contributed by atoms with van der Waals surface area (Å²) in [5.74, 6) is -0.00531. The number of nitrogens with zero attached hydrogens (tertiary/aromatic N) is 1. The molecule has 2 unspecified atom stereocenters. The van der Waals surface area contributed by atoms with E-state index in [0.29, 0.717) is 12.6 Å². The van der Waals surface area contributed by atoms with E-state index in [-0.39, 0.29) is 11.4 Å². The van der Waals surface area contributed by atoms with Crippen molar-refractivity contribution < 1.29 is 9.53 Å². The summed E-state index contributed by atoms with van der Waals surface area (Å²) in [6.07, 6.45) is 1.80. The molecule has 114 valence electrons. The molecule has 21 heavy (non-hydrogen) atoms. The molecule has 2 aliphatic heterocycles. The average molecular weight is 288 g/mol. The number of hydrogen-bond donors (Lipinski definition) is 1. The van der Waals surface area contributed by atoms with Crippen LogP contribution in [0.15, 0.2) is 30.3 Å². The maximum atomic E-state index is 12.5. The lowest BCUT2D eigenvalue weighted by Crippen LogP contribution is -2.61. The van der Waals surface area contributed by atoms with Crippen molar-refractivity contribution in [2.75, 3.05) is 26.2 Å². The van der Waals surface area contributed by atoms with Gasteiger partial charge in [0.1, 0.15) is 0 Å². The highest BCUT2D eigenvalue weighted by Crippen LogP contribution is 2.38. The summed E-state index contributed by atoms with van der Waals surface area (Å²) < 4.78 is 5.36. The molecule has 2 aliphatic rings. The van der Waals surface area contributed by atoms with E-state index >= 15 is 0 Å². The minimum atomic E-state index is -0.307. The number of benzene rings is 1. The Labute approximate surface area is 126 Å². The van der Waals surface area contributed by atoms with Crippen LogP contribution in [0.5, 0.6) is 0 Å².